The van der Waals surface area contributed by atoms with Crippen LogP contribution in [0.2, 0.25) is 5.02 Å². The number of imide groups is 1. The zero-order chi connectivity index (χ0) is 22.9. The molecule has 2 aliphatic rings. The molecule has 0 N–H and O–H groups in total. The SMILES string of the molecule is O=C1[C@H]2N=NN(CC(=O)N(c3ccccc3)c3ccccc3)[C@@H]2C(=O)N1c1ccc(Cl)cc1. The summed E-state index contributed by atoms with van der Waals surface area (Å²) in [6.45, 7) is -0.220. The van der Waals surface area contributed by atoms with Gasteiger partial charge in [0.15, 0.2) is 12.1 Å². The van der Waals surface area contributed by atoms with Crippen molar-refractivity contribution in [3.8, 4) is 0 Å². The van der Waals surface area contributed by atoms with Gasteiger partial charge >= 0.3 is 0 Å². The highest BCUT2D eigenvalue weighted by Crippen LogP contribution is 2.33. The Morgan fingerprint density at radius 3 is 2.00 bits per heavy atom. The van der Waals surface area contributed by atoms with Gasteiger partial charge in [0.2, 0.25) is 0 Å². The van der Waals surface area contributed by atoms with E-state index in [2.05, 4.69) is 10.3 Å². The number of para-hydroxylation sites is 2. The lowest BCUT2D eigenvalue weighted by Crippen LogP contribution is -2.44. The second-order valence-corrected chi connectivity index (χ2v) is 8.02. The monoisotopic (exact) mass is 459 g/mol. The summed E-state index contributed by atoms with van der Waals surface area (Å²) in [4.78, 5) is 42.1. The van der Waals surface area contributed by atoms with E-state index in [9.17, 15) is 14.4 Å². The Bertz CT molecular complexity index is 1190. The van der Waals surface area contributed by atoms with Crippen LogP contribution in [0.15, 0.2) is 95.3 Å². The molecule has 3 amide bonds. The fraction of sp³-hybridized carbons (Fsp3) is 0.125. The zero-order valence-electron chi connectivity index (χ0n) is 17.3. The van der Waals surface area contributed by atoms with E-state index in [4.69, 9.17) is 11.6 Å². The minimum absolute atomic E-state index is 0.220. The quantitative estimate of drug-likeness (QED) is 0.540. The largest absolute Gasteiger partial charge is 0.279 e. The standard InChI is InChI=1S/C24H18ClN5O3/c25-16-11-13-19(14-12-16)30-23(32)21-22(24(30)33)28(27-26-21)15-20(31)29(17-7-3-1-4-8-17)18-9-5-2-6-10-18/h1-14,21-22H,15H2/t21-,22-/m0/s1. The van der Waals surface area contributed by atoms with E-state index in [0.717, 1.165) is 4.90 Å². The van der Waals surface area contributed by atoms with E-state index < -0.39 is 23.9 Å². The first kappa shape index (κ1) is 20.8. The molecule has 0 saturated carbocycles. The Kier molecular flexibility index (Phi) is 5.35. The van der Waals surface area contributed by atoms with E-state index in [0.29, 0.717) is 22.1 Å². The molecule has 8 nitrogen and oxygen atoms in total. The Hall–Kier alpha value is -4.04. The van der Waals surface area contributed by atoms with Crippen molar-refractivity contribution >= 4 is 46.4 Å². The number of nitrogens with zero attached hydrogens (tertiary/aromatic N) is 5. The number of benzene rings is 3. The molecule has 164 valence electrons. The summed E-state index contributed by atoms with van der Waals surface area (Å²) in [6, 6.07) is 22.8. The molecule has 5 rings (SSSR count). The van der Waals surface area contributed by atoms with E-state index >= 15 is 0 Å². The van der Waals surface area contributed by atoms with Crippen molar-refractivity contribution in [3.63, 3.8) is 0 Å². The van der Waals surface area contributed by atoms with Crippen LogP contribution >= 0.6 is 11.6 Å². The number of rotatable bonds is 5. The van der Waals surface area contributed by atoms with Gasteiger partial charge in [-0.15, -0.1) is 0 Å². The third kappa shape index (κ3) is 3.74. The molecule has 0 radical (unpaired) electrons. The highest BCUT2D eigenvalue weighted by molar-refractivity contribution is 6.31. The van der Waals surface area contributed by atoms with Gasteiger partial charge in [0.1, 0.15) is 6.54 Å². The van der Waals surface area contributed by atoms with Crippen LogP contribution in [-0.2, 0) is 14.4 Å². The minimum atomic E-state index is -0.983. The molecule has 1 saturated heterocycles. The highest BCUT2D eigenvalue weighted by atomic mass is 35.5. The Morgan fingerprint density at radius 2 is 1.42 bits per heavy atom. The summed E-state index contributed by atoms with van der Waals surface area (Å²) in [5.41, 5.74) is 1.76. The molecule has 0 unspecified atom stereocenters. The topological polar surface area (TPSA) is 85.6 Å². The Labute approximate surface area is 194 Å². The van der Waals surface area contributed by atoms with Gasteiger partial charge in [0.25, 0.3) is 17.7 Å². The first-order valence-corrected chi connectivity index (χ1v) is 10.7. The lowest BCUT2D eigenvalue weighted by molar-refractivity contribution is -0.124. The third-order valence-electron chi connectivity index (χ3n) is 5.52. The van der Waals surface area contributed by atoms with Crippen molar-refractivity contribution in [1.82, 2.24) is 5.01 Å². The van der Waals surface area contributed by atoms with Crippen LogP contribution in [0.5, 0.6) is 0 Å². The molecule has 0 spiro atoms. The Morgan fingerprint density at radius 1 is 0.848 bits per heavy atom. The molecular weight excluding hydrogens is 442 g/mol. The number of hydrogen-bond acceptors (Lipinski definition) is 6. The van der Waals surface area contributed by atoms with E-state index in [-0.39, 0.29) is 12.5 Å². The summed E-state index contributed by atoms with van der Waals surface area (Å²) < 4.78 is 0. The maximum atomic E-state index is 13.4. The molecule has 0 aromatic heterocycles. The number of anilines is 3. The summed E-state index contributed by atoms with van der Waals surface area (Å²) in [6.07, 6.45) is 0. The number of fused-ring (bicyclic) bond motifs is 1. The number of hydrogen-bond donors (Lipinski definition) is 0. The van der Waals surface area contributed by atoms with Crippen molar-refractivity contribution in [3.05, 3.63) is 90.0 Å². The fourth-order valence-electron chi connectivity index (χ4n) is 4.00. The van der Waals surface area contributed by atoms with Crippen LogP contribution in [0.4, 0.5) is 17.1 Å². The van der Waals surface area contributed by atoms with E-state index in [1.807, 2.05) is 60.7 Å². The molecular formula is C24H18ClN5O3. The van der Waals surface area contributed by atoms with Crippen molar-refractivity contribution in [2.75, 3.05) is 16.3 Å². The highest BCUT2D eigenvalue weighted by Gasteiger charge is 2.55. The van der Waals surface area contributed by atoms with Crippen LogP contribution in [0.1, 0.15) is 0 Å². The summed E-state index contributed by atoms with van der Waals surface area (Å²) in [5, 5.41) is 9.78. The number of amides is 3. The van der Waals surface area contributed by atoms with Gasteiger partial charge in [-0.1, -0.05) is 53.2 Å². The van der Waals surface area contributed by atoms with Crippen LogP contribution in [0.3, 0.4) is 0 Å². The van der Waals surface area contributed by atoms with Crippen molar-refractivity contribution < 1.29 is 14.4 Å². The van der Waals surface area contributed by atoms with Crippen LogP contribution in [-0.4, -0.2) is 41.4 Å². The lowest BCUT2D eigenvalue weighted by Gasteiger charge is -2.26. The number of carbonyl (C=O) groups is 3. The molecule has 9 heteroatoms. The summed E-state index contributed by atoms with van der Waals surface area (Å²) in [7, 11) is 0. The van der Waals surface area contributed by atoms with Crippen molar-refractivity contribution in [1.29, 1.82) is 0 Å². The number of carbonyl (C=O) groups excluding carboxylic acids is 3. The van der Waals surface area contributed by atoms with Crippen molar-refractivity contribution in [2.45, 2.75) is 12.1 Å². The van der Waals surface area contributed by atoms with Crippen LogP contribution in [0, 0.1) is 0 Å². The van der Waals surface area contributed by atoms with E-state index in [1.54, 1.807) is 29.2 Å². The first-order valence-electron chi connectivity index (χ1n) is 10.3. The third-order valence-corrected chi connectivity index (χ3v) is 5.77. The zero-order valence-corrected chi connectivity index (χ0v) is 18.0. The molecule has 33 heavy (non-hydrogen) atoms. The van der Waals surface area contributed by atoms with Crippen molar-refractivity contribution in [2.24, 2.45) is 10.3 Å². The number of halogens is 1. The normalized spacial score (nSPS) is 19.2. The van der Waals surface area contributed by atoms with Gasteiger partial charge in [-0.3, -0.25) is 24.3 Å². The maximum Gasteiger partial charge on any atom is 0.263 e. The van der Waals surface area contributed by atoms with Gasteiger partial charge in [-0.05, 0) is 48.5 Å². The molecule has 1 fully saturated rings. The molecule has 3 aromatic rings. The average molecular weight is 460 g/mol. The maximum absolute atomic E-state index is 13.4. The van der Waals surface area contributed by atoms with Gasteiger partial charge in [0.05, 0.1) is 5.69 Å². The molecule has 2 aliphatic heterocycles. The van der Waals surface area contributed by atoms with E-state index in [1.165, 1.54) is 5.01 Å². The van der Waals surface area contributed by atoms with Gasteiger partial charge < -0.3 is 0 Å². The average Bonchev–Trinajstić information content (AvgIpc) is 3.35. The molecule has 0 aliphatic carbocycles. The minimum Gasteiger partial charge on any atom is -0.279 e. The predicted molar refractivity (Wildman–Crippen MR) is 123 cm³/mol. The first-order chi connectivity index (χ1) is 16.0. The lowest BCUT2D eigenvalue weighted by atomic mass is 10.1. The van der Waals surface area contributed by atoms with Gasteiger partial charge in [0, 0.05) is 16.4 Å². The molecule has 2 heterocycles. The predicted octanol–water partition coefficient (Wildman–Crippen LogP) is 4.00. The molecule has 0 bridgehead atoms. The summed E-state index contributed by atoms with van der Waals surface area (Å²) in [5.74, 6) is -1.26. The van der Waals surface area contributed by atoms with Gasteiger partial charge in [-0.25, -0.2) is 4.90 Å². The second-order valence-electron chi connectivity index (χ2n) is 7.58. The molecule has 2 atom stereocenters. The van der Waals surface area contributed by atoms with Crippen LogP contribution in [0.25, 0.3) is 0 Å². The smallest absolute Gasteiger partial charge is 0.263 e. The summed E-state index contributed by atoms with van der Waals surface area (Å²) >= 11 is 5.93. The molecule has 3 aromatic carbocycles. The Balaban J connectivity index is 1.41. The second kappa shape index (κ2) is 8.48. The fourth-order valence-corrected chi connectivity index (χ4v) is 4.12. The van der Waals surface area contributed by atoms with Crippen LogP contribution < -0.4 is 9.80 Å². The van der Waals surface area contributed by atoms with Gasteiger partial charge in [-0.2, -0.15) is 5.11 Å².